The summed E-state index contributed by atoms with van der Waals surface area (Å²) in [5.74, 6) is 1.36. The summed E-state index contributed by atoms with van der Waals surface area (Å²) in [6.45, 7) is 2.51. The molecule has 34 heavy (non-hydrogen) atoms. The van der Waals surface area contributed by atoms with E-state index >= 15 is 0 Å². The van der Waals surface area contributed by atoms with Gasteiger partial charge in [-0.2, -0.15) is 5.10 Å². The number of hydrogen-bond donors (Lipinski definition) is 2. The Morgan fingerprint density at radius 2 is 1.82 bits per heavy atom. The van der Waals surface area contributed by atoms with Crippen LogP contribution in [0.25, 0.3) is 5.69 Å². The molecule has 3 heterocycles. The van der Waals surface area contributed by atoms with Crippen molar-refractivity contribution in [2.75, 3.05) is 31.5 Å². The summed E-state index contributed by atoms with van der Waals surface area (Å²) >= 11 is 1.72. The largest absolute Gasteiger partial charge is 0.355 e. The third kappa shape index (κ3) is 5.74. The first-order valence-electron chi connectivity index (χ1n) is 12.1. The number of aromatic nitrogens is 2. The number of anilines is 1. The predicted octanol–water partition coefficient (Wildman–Crippen LogP) is 3.82. The van der Waals surface area contributed by atoms with E-state index in [-0.39, 0.29) is 17.7 Å². The van der Waals surface area contributed by atoms with E-state index in [1.54, 1.807) is 11.3 Å². The van der Waals surface area contributed by atoms with Gasteiger partial charge in [-0.1, -0.05) is 24.3 Å². The fourth-order valence-corrected chi connectivity index (χ4v) is 5.19. The number of rotatable bonds is 9. The molecule has 1 saturated carbocycles. The van der Waals surface area contributed by atoms with Crippen LogP contribution in [0.15, 0.2) is 53.9 Å². The second-order valence-electron chi connectivity index (χ2n) is 9.20. The summed E-state index contributed by atoms with van der Waals surface area (Å²) in [5, 5.41) is 13.0. The van der Waals surface area contributed by atoms with Crippen molar-refractivity contribution < 1.29 is 9.59 Å². The van der Waals surface area contributed by atoms with Crippen molar-refractivity contribution in [3.05, 3.63) is 64.5 Å². The number of carbonyl (C=O) groups is 2. The second-order valence-corrected chi connectivity index (χ2v) is 10.2. The van der Waals surface area contributed by atoms with Crippen LogP contribution >= 0.6 is 11.3 Å². The zero-order valence-corrected chi connectivity index (χ0v) is 20.1. The van der Waals surface area contributed by atoms with Crippen LogP contribution < -0.4 is 10.6 Å². The van der Waals surface area contributed by atoms with Crippen molar-refractivity contribution >= 4 is 29.0 Å². The Bertz CT molecular complexity index is 1100. The molecule has 2 fully saturated rings. The van der Waals surface area contributed by atoms with Gasteiger partial charge >= 0.3 is 0 Å². The van der Waals surface area contributed by atoms with Gasteiger partial charge in [0.05, 0.1) is 17.9 Å². The lowest BCUT2D eigenvalue weighted by Gasteiger charge is -2.30. The van der Waals surface area contributed by atoms with Crippen molar-refractivity contribution in [2.45, 2.75) is 38.0 Å². The number of nitrogens with zero attached hydrogens (tertiary/aromatic N) is 3. The molecule has 2 amide bonds. The fraction of sp³-hybridized carbons (Fsp3) is 0.423. The third-order valence-corrected chi connectivity index (χ3v) is 7.50. The van der Waals surface area contributed by atoms with Gasteiger partial charge in [0.25, 0.3) is 0 Å². The summed E-state index contributed by atoms with van der Waals surface area (Å²) in [4.78, 5) is 28.8. The number of thiophene rings is 1. The minimum atomic E-state index is -0.0433. The molecule has 5 rings (SSSR count). The van der Waals surface area contributed by atoms with Crippen LogP contribution in [-0.4, -0.2) is 52.7 Å². The average molecular weight is 478 g/mol. The predicted molar refractivity (Wildman–Crippen MR) is 134 cm³/mol. The molecule has 2 N–H and O–H groups in total. The lowest BCUT2D eigenvalue weighted by molar-refractivity contribution is -0.126. The summed E-state index contributed by atoms with van der Waals surface area (Å²) in [6, 6.07) is 16.1. The maximum Gasteiger partial charge on any atom is 0.239 e. The van der Waals surface area contributed by atoms with Crippen molar-refractivity contribution in [1.82, 2.24) is 20.0 Å². The van der Waals surface area contributed by atoms with Gasteiger partial charge in [-0.05, 0) is 68.8 Å². The van der Waals surface area contributed by atoms with Gasteiger partial charge in [0.15, 0.2) is 0 Å². The fourth-order valence-electron chi connectivity index (χ4n) is 4.48. The molecule has 1 aromatic carbocycles. The van der Waals surface area contributed by atoms with Gasteiger partial charge in [0, 0.05) is 29.3 Å². The van der Waals surface area contributed by atoms with E-state index < -0.39 is 0 Å². The summed E-state index contributed by atoms with van der Waals surface area (Å²) < 4.78 is 1.83. The Kier molecular flexibility index (Phi) is 7.06. The molecule has 0 radical (unpaired) electrons. The van der Waals surface area contributed by atoms with Crippen LogP contribution in [-0.2, 0) is 16.0 Å². The van der Waals surface area contributed by atoms with E-state index in [0.29, 0.717) is 19.0 Å². The monoisotopic (exact) mass is 477 g/mol. The van der Waals surface area contributed by atoms with Crippen LogP contribution in [0.3, 0.4) is 0 Å². The molecule has 0 atom stereocenters. The number of piperidine rings is 1. The van der Waals surface area contributed by atoms with Crippen LogP contribution in [0.4, 0.5) is 5.82 Å². The molecule has 0 bridgehead atoms. The molecule has 8 heteroatoms. The van der Waals surface area contributed by atoms with Crippen LogP contribution in [0.1, 0.15) is 42.2 Å². The molecule has 7 nitrogen and oxygen atoms in total. The molecule has 178 valence electrons. The Morgan fingerprint density at radius 3 is 2.53 bits per heavy atom. The SMILES string of the molecule is O=C(CN1CCC(C(=O)NCCc2cccs2)CC1)Nc1cc(C2CC2)nn1-c1ccccc1. The van der Waals surface area contributed by atoms with Gasteiger partial charge in [-0.3, -0.25) is 14.5 Å². The highest BCUT2D eigenvalue weighted by molar-refractivity contribution is 7.09. The Hall–Kier alpha value is -2.97. The average Bonchev–Trinajstić information content (AvgIpc) is 3.41. The van der Waals surface area contributed by atoms with Crippen molar-refractivity contribution in [2.24, 2.45) is 5.92 Å². The number of benzene rings is 1. The smallest absolute Gasteiger partial charge is 0.239 e. The first-order valence-corrected chi connectivity index (χ1v) is 13.0. The Morgan fingerprint density at radius 1 is 1.03 bits per heavy atom. The van der Waals surface area contributed by atoms with Gasteiger partial charge in [-0.25, -0.2) is 4.68 Å². The van der Waals surface area contributed by atoms with E-state index in [1.165, 1.54) is 4.88 Å². The zero-order chi connectivity index (χ0) is 23.3. The van der Waals surface area contributed by atoms with Crippen molar-refractivity contribution in [1.29, 1.82) is 0 Å². The number of likely N-dealkylation sites (tertiary alicyclic amines) is 1. The van der Waals surface area contributed by atoms with Crippen LogP contribution in [0, 0.1) is 5.92 Å². The van der Waals surface area contributed by atoms with Gasteiger partial charge in [-0.15, -0.1) is 11.3 Å². The second kappa shape index (κ2) is 10.5. The Labute approximate surface area is 204 Å². The molecule has 1 aliphatic carbocycles. The molecule has 0 unspecified atom stereocenters. The maximum absolute atomic E-state index is 12.9. The quantitative estimate of drug-likeness (QED) is 0.491. The number of hydrogen-bond acceptors (Lipinski definition) is 5. The van der Waals surface area contributed by atoms with Gasteiger partial charge in [0.2, 0.25) is 11.8 Å². The molecule has 1 aliphatic heterocycles. The molecular formula is C26H31N5O2S. The summed E-state index contributed by atoms with van der Waals surface area (Å²) in [6.07, 6.45) is 4.77. The minimum absolute atomic E-state index is 0.0308. The highest BCUT2D eigenvalue weighted by atomic mass is 32.1. The van der Waals surface area contributed by atoms with E-state index in [1.807, 2.05) is 47.1 Å². The van der Waals surface area contributed by atoms with E-state index in [9.17, 15) is 9.59 Å². The van der Waals surface area contributed by atoms with Gasteiger partial charge in [0.1, 0.15) is 5.82 Å². The molecule has 2 aliphatic rings. The molecule has 1 saturated heterocycles. The maximum atomic E-state index is 12.9. The standard InChI is InChI=1S/C26H31N5O2S/c32-25(28-24-17-23(19-8-9-19)29-31(24)21-5-2-1-3-6-21)18-30-14-11-20(12-15-30)26(33)27-13-10-22-7-4-16-34-22/h1-7,16-17,19-20H,8-15,18H2,(H,27,33)(H,28,32). The number of carbonyl (C=O) groups excluding carboxylic acids is 2. The number of amides is 2. The molecule has 2 aromatic heterocycles. The highest BCUT2D eigenvalue weighted by Crippen LogP contribution is 2.40. The first-order chi connectivity index (χ1) is 16.7. The van der Waals surface area contributed by atoms with E-state index in [0.717, 1.165) is 62.4 Å². The topological polar surface area (TPSA) is 79.3 Å². The van der Waals surface area contributed by atoms with E-state index in [4.69, 9.17) is 5.10 Å². The summed E-state index contributed by atoms with van der Waals surface area (Å²) in [7, 11) is 0. The summed E-state index contributed by atoms with van der Waals surface area (Å²) in [5.41, 5.74) is 1.99. The first kappa shape index (κ1) is 22.8. The zero-order valence-electron chi connectivity index (χ0n) is 19.3. The highest BCUT2D eigenvalue weighted by Gasteiger charge is 2.29. The lowest BCUT2D eigenvalue weighted by atomic mass is 9.96. The molecular weight excluding hydrogens is 446 g/mol. The van der Waals surface area contributed by atoms with Crippen molar-refractivity contribution in [3.63, 3.8) is 0 Å². The normalized spacial score (nSPS) is 16.9. The lowest BCUT2D eigenvalue weighted by Crippen LogP contribution is -2.43. The third-order valence-electron chi connectivity index (χ3n) is 6.57. The van der Waals surface area contributed by atoms with Crippen LogP contribution in [0.2, 0.25) is 0 Å². The Balaban J connectivity index is 1.10. The minimum Gasteiger partial charge on any atom is -0.355 e. The molecule has 3 aromatic rings. The van der Waals surface area contributed by atoms with Crippen molar-refractivity contribution in [3.8, 4) is 5.69 Å². The van der Waals surface area contributed by atoms with Crippen LogP contribution in [0.5, 0.6) is 0 Å². The molecule has 0 spiro atoms. The number of nitrogens with one attached hydrogen (secondary N) is 2. The van der Waals surface area contributed by atoms with E-state index in [2.05, 4.69) is 27.0 Å². The van der Waals surface area contributed by atoms with Gasteiger partial charge < -0.3 is 10.6 Å². The number of para-hydroxylation sites is 1.